The Morgan fingerprint density at radius 1 is 1.03 bits per heavy atom. The fourth-order valence-electron chi connectivity index (χ4n) is 5.31. The second-order valence-electron chi connectivity index (χ2n) is 11.0. The lowest BCUT2D eigenvalue weighted by molar-refractivity contribution is 0.0114. The van der Waals surface area contributed by atoms with Gasteiger partial charge in [0.25, 0.3) is 0 Å². The first-order chi connectivity index (χ1) is 17.6. The molecule has 0 N–H and O–H groups in total. The van der Waals surface area contributed by atoms with Crippen LogP contribution in [0, 0.1) is 13.8 Å². The van der Waals surface area contributed by atoms with Crippen LogP contribution in [0.5, 0.6) is 17.5 Å². The highest BCUT2D eigenvalue weighted by molar-refractivity contribution is 7.92. The van der Waals surface area contributed by atoms with Crippen LogP contribution in [-0.2, 0) is 14.6 Å². The molecule has 2 aromatic heterocycles. The van der Waals surface area contributed by atoms with Gasteiger partial charge in [-0.1, -0.05) is 0 Å². The number of hydrogen-bond donors (Lipinski definition) is 0. The lowest BCUT2D eigenvalue weighted by atomic mass is 10.0. The molecule has 0 spiro atoms. The smallest absolute Gasteiger partial charge is 0.410 e. The zero-order valence-corrected chi connectivity index (χ0v) is 22.2. The molecular formula is C26H32N4O6S. The summed E-state index contributed by atoms with van der Waals surface area (Å²) in [5.74, 6) is 1.19. The van der Waals surface area contributed by atoms with E-state index in [4.69, 9.17) is 14.2 Å². The highest BCUT2D eigenvalue weighted by Gasteiger charge is 2.49. The number of sulfone groups is 1. The summed E-state index contributed by atoms with van der Waals surface area (Å²) in [6.45, 7) is 5.53. The average molecular weight is 529 g/mol. The summed E-state index contributed by atoms with van der Waals surface area (Å²) in [6.07, 6.45) is 7.72. The zero-order chi connectivity index (χ0) is 25.9. The number of carbonyl (C=O) groups is 1. The molecule has 6 rings (SSSR count). The van der Waals surface area contributed by atoms with E-state index in [-0.39, 0.29) is 40.2 Å². The van der Waals surface area contributed by atoms with Crippen LogP contribution in [-0.4, -0.2) is 63.4 Å². The van der Waals surface area contributed by atoms with Crippen molar-refractivity contribution in [1.82, 2.24) is 19.9 Å². The highest BCUT2D eigenvalue weighted by Crippen LogP contribution is 2.43. The van der Waals surface area contributed by atoms with Crippen molar-refractivity contribution in [2.45, 2.75) is 106 Å². The molecule has 4 aliphatic rings. The number of piperidine rings is 1. The third-order valence-corrected chi connectivity index (χ3v) is 10.1. The van der Waals surface area contributed by atoms with Gasteiger partial charge in [0.2, 0.25) is 11.8 Å². The number of amides is 1. The molecule has 4 fully saturated rings. The standard InChI is InChI=1S/C26H32N4O6S/c1-15-23(34-19-12-17-4-5-18(13-19)30(17)25(31)36-26(3)10-11-26)27-14-28-24(15)35-21-8-9-22(29-16(21)2)37(32,33)20-6-7-20/h8-9,14,17-20H,4-7,10-13H2,1-3H3/t17-,18?,19+/m0/s1. The van der Waals surface area contributed by atoms with Gasteiger partial charge in [0.1, 0.15) is 18.0 Å². The molecule has 3 atom stereocenters. The third-order valence-electron chi connectivity index (χ3n) is 7.93. The number of pyridine rings is 1. The van der Waals surface area contributed by atoms with Crippen LogP contribution in [0.3, 0.4) is 0 Å². The fraction of sp³-hybridized carbons (Fsp3) is 0.615. The van der Waals surface area contributed by atoms with Gasteiger partial charge in [0, 0.05) is 24.9 Å². The SMILES string of the molecule is Cc1nc(S(=O)(=O)C2CC2)ccc1Oc1ncnc(O[C@H]2CC3CC[C@@H](C2)N3C(=O)OC2(C)CC2)c1C. The molecule has 2 aliphatic carbocycles. The van der Waals surface area contributed by atoms with Crippen molar-refractivity contribution in [3.63, 3.8) is 0 Å². The number of aromatic nitrogens is 3. The van der Waals surface area contributed by atoms with Crippen LogP contribution in [0.2, 0.25) is 0 Å². The zero-order valence-electron chi connectivity index (χ0n) is 21.3. The molecule has 0 aromatic carbocycles. The van der Waals surface area contributed by atoms with Gasteiger partial charge in [-0.25, -0.2) is 28.2 Å². The summed E-state index contributed by atoms with van der Waals surface area (Å²) in [7, 11) is -3.37. The molecule has 11 heteroatoms. The van der Waals surface area contributed by atoms with Crippen molar-refractivity contribution in [3.8, 4) is 17.5 Å². The van der Waals surface area contributed by atoms with E-state index in [1.165, 1.54) is 12.4 Å². The van der Waals surface area contributed by atoms with Gasteiger partial charge in [0.05, 0.1) is 16.5 Å². The maximum Gasteiger partial charge on any atom is 0.410 e. The van der Waals surface area contributed by atoms with E-state index in [1.807, 2.05) is 18.7 Å². The van der Waals surface area contributed by atoms with E-state index in [9.17, 15) is 13.2 Å². The Morgan fingerprint density at radius 3 is 2.32 bits per heavy atom. The number of fused-ring (bicyclic) bond motifs is 2. The van der Waals surface area contributed by atoms with Crippen molar-refractivity contribution >= 4 is 15.9 Å². The van der Waals surface area contributed by atoms with Crippen LogP contribution >= 0.6 is 0 Å². The van der Waals surface area contributed by atoms with Crippen LogP contribution in [0.25, 0.3) is 0 Å². The molecule has 198 valence electrons. The molecule has 2 aliphatic heterocycles. The predicted molar refractivity (Wildman–Crippen MR) is 132 cm³/mol. The molecule has 1 unspecified atom stereocenters. The topological polar surface area (TPSA) is 121 Å². The number of hydrogen-bond acceptors (Lipinski definition) is 9. The van der Waals surface area contributed by atoms with Crippen LogP contribution in [0.1, 0.15) is 69.5 Å². The van der Waals surface area contributed by atoms with Gasteiger partial charge >= 0.3 is 6.09 Å². The average Bonchev–Trinajstić information content (AvgIpc) is 3.78. The maximum absolute atomic E-state index is 12.8. The van der Waals surface area contributed by atoms with Gasteiger partial charge in [0.15, 0.2) is 20.6 Å². The number of ether oxygens (including phenoxy) is 3. The first-order valence-corrected chi connectivity index (χ1v) is 14.6. The van der Waals surface area contributed by atoms with E-state index >= 15 is 0 Å². The van der Waals surface area contributed by atoms with Crippen molar-refractivity contribution in [2.75, 3.05) is 0 Å². The Bertz CT molecular complexity index is 1330. The van der Waals surface area contributed by atoms with Crippen molar-refractivity contribution in [3.05, 3.63) is 29.7 Å². The highest BCUT2D eigenvalue weighted by atomic mass is 32.2. The Morgan fingerprint density at radius 2 is 1.70 bits per heavy atom. The minimum absolute atomic E-state index is 0.0742. The monoisotopic (exact) mass is 528 g/mol. The summed E-state index contributed by atoms with van der Waals surface area (Å²) in [4.78, 5) is 27.6. The molecule has 1 amide bonds. The van der Waals surface area contributed by atoms with Crippen molar-refractivity contribution < 1.29 is 27.4 Å². The molecule has 2 bridgehead atoms. The molecule has 2 saturated carbocycles. The second kappa shape index (κ2) is 8.82. The molecule has 4 heterocycles. The van der Waals surface area contributed by atoms with Gasteiger partial charge in [-0.15, -0.1) is 0 Å². The van der Waals surface area contributed by atoms with Crippen LogP contribution in [0.4, 0.5) is 4.79 Å². The van der Waals surface area contributed by atoms with Crippen LogP contribution in [0.15, 0.2) is 23.5 Å². The third kappa shape index (κ3) is 4.73. The fourth-order valence-corrected chi connectivity index (χ4v) is 6.93. The number of rotatable bonds is 7. The summed E-state index contributed by atoms with van der Waals surface area (Å²) in [6, 6.07) is 3.32. The molecule has 10 nitrogen and oxygen atoms in total. The van der Waals surface area contributed by atoms with E-state index < -0.39 is 9.84 Å². The number of carbonyl (C=O) groups excluding carboxylic acids is 1. The van der Waals surface area contributed by atoms with E-state index in [0.717, 1.165) is 38.5 Å². The molecular weight excluding hydrogens is 496 g/mol. The first-order valence-electron chi connectivity index (χ1n) is 13.0. The largest absolute Gasteiger partial charge is 0.474 e. The van der Waals surface area contributed by atoms with E-state index in [0.29, 0.717) is 41.6 Å². The minimum Gasteiger partial charge on any atom is -0.474 e. The van der Waals surface area contributed by atoms with E-state index in [1.54, 1.807) is 13.0 Å². The van der Waals surface area contributed by atoms with Crippen molar-refractivity contribution in [2.24, 2.45) is 0 Å². The lowest BCUT2D eigenvalue weighted by Crippen LogP contribution is -2.50. The summed E-state index contributed by atoms with van der Waals surface area (Å²) >= 11 is 0. The molecule has 2 aromatic rings. The Hall–Kier alpha value is -2.95. The number of aryl methyl sites for hydroxylation is 1. The van der Waals surface area contributed by atoms with Gasteiger partial charge in [-0.3, -0.25) is 0 Å². The molecule has 2 saturated heterocycles. The quantitative estimate of drug-likeness (QED) is 0.518. The van der Waals surface area contributed by atoms with E-state index in [2.05, 4.69) is 15.0 Å². The van der Waals surface area contributed by atoms with Crippen molar-refractivity contribution in [1.29, 1.82) is 0 Å². The molecule has 37 heavy (non-hydrogen) atoms. The predicted octanol–water partition coefficient (Wildman–Crippen LogP) is 4.28. The van der Waals surface area contributed by atoms with Gasteiger partial charge in [-0.2, -0.15) is 0 Å². The number of nitrogens with zero attached hydrogens (tertiary/aromatic N) is 4. The first kappa shape index (κ1) is 24.4. The Labute approximate surface area is 216 Å². The second-order valence-corrected chi connectivity index (χ2v) is 13.2. The van der Waals surface area contributed by atoms with Gasteiger partial charge in [-0.05, 0) is 71.4 Å². The Balaban J connectivity index is 1.13. The van der Waals surface area contributed by atoms with Gasteiger partial charge < -0.3 is 19.1 Å². The summed E-state index contributed by atoms with van der Waals surface area (Å²) < 4.78 is 43.1. The minimum atomic E-state index is -3.37. The lowest BCUT2D eigenvalue weighted by Gasteiger charge is -2.38. The molecule has 0 radical (unpaired) electrons. The normalized spacial score (nSPS) is 26.0. The Kier molecular flexibility index (Phi) is 5.81. The maximum atomic E-state index is 12.8. The summed E-state index contributed by atoms with van der Waals surface area (Å²) in [5, 5.41) is -0.233. The van der Waals surface area contributed by atoms with Crippen LogP contribution < -0.4 is 9.47 Å². The summed E-state index contributed by atoms with van der Waals surface area (Å²) in [5.41, 5.74) is 0.836.